The van der Waals surface area contributed by atoms with Crippen LogP contribution in [0.3, 0.4) is 0 Å². The molecule has 2 unspecified atom stereocenters. The third-order valence-corrected chi connectivity index (χ3v) is 9.02. The van der Waals surface area contributed by atoms with Gasteiger partial charge in [0.1, 0.15) is 29.4 Å². The predicted molar refractivity (Wildman–Crippen MR) is 156 cm³/mol. The van der Waals surface area contributed by atoms with Gasteiger partial charge in [-0.25, -0.2) is 4.39 Å². The maximum absolute atomic E-state index is 16.4. The average Bonchev–Trinajstić information content (AvgIpc) is 3.57. The topological polar surface area (TPSA) is 119 Å². The maximum Gasteiger partial charge on any atom is 0.319 e. The van der Waals surface area contributed by atoms with Crippen molar-refractivity contribution >= 4 is 27.5 Å². The van der Waals surface area contributed by atoms with Crippen LogP contribution in [0.2, 0.25) is 0 Å². The van der Waals surface area contributed by atoms with Crippen LogP contribution < -0.4 is 15.8 Å². The van der Waals surface area contributed by atoms with E-state index < -0.39 is 5.82 Å². The van der Waals surface area contributed by atoms with E-state index in [2.05, 4.69) is 20.2 Å². The number of hydrogen-bond donors (Lipinski definition) is 3. The molecule has 0 radical (unpaired) electrons. The molecule has 41 heavy (non-hydrogen) atoms. The van der Waals surface area contributed by atoms with Crippen molar-refractivity contribution in [3.8, 4) is 23.0 Å². The van der Waals surface area contributed by atoms with Crippen LogP contribution in [0, 0.1) is 5.82 Å². The summed E-state index contributed by atoms with van der Waals surface area (Å²) in [6.07, 6.45) is 7.81. The van der Waals surface area contributed by atoms with Gasteiger partial charge in [0.25, 0.3) is 0 Å². The Morgan fingerprint density at radius 3 is 2.73 bits per heavy atom. The second kappa shape index (κ2) is 10.7. The zero-order chi connectivity index (χ0) is 28.0. The molecular weight excluding hydrogens is 523 g/mol. The van der Waals surface area contributed by atoms with Gasteiger partial charge in [0.2, 0.25) is 0 Å². The number of nitrogens with two attached hydrogens (primary N) is 1. The smallest absolute Gasteiger partial charge is 0.319 e. The molecule has 0 saturated carbocycles. The van der Waals surface area contributed by atoms with Crippen molar-refractivity contribution in [3.63, 3.8) is 0 Å². The molecule has 2 aromatic heterocycles. The third kappa shape index (κ3) is 4.83. The van der Waals surface area contributed by atoms with E-state index in [1.807, 2.05) is 24.3 Å². The second-order valence-corrected chi connectivity index (χ2v) is 11.6. The predicted octanol–water partition coefficient (Wildman–Crippen LogP) is 4.62. The Hall–Kier alpha value is -3.60. The molecule has 214 valence electrons. The lowest BCUT2D eigenvalue weighted by molar-refractivity contribution is 0.0153. The molecular formula is C31H35FN6O3. The number of rotatable bonds is 7. The molecule has 3 fully saturated rings. The normalized spacial score (nSPS) is 22.3. The van der Waals surface area contributed by atoms with E-state index >= 15 is 4.39 Å². The Bertz CT molecular complexity index is 1580. The minimum absolute atomic E-state index is 0.00276. The summed E-state index contributed by atoms with van der Waals surface area (Å²) < 4.78 is 28.6. The molecule has 2 atom stereocenters. The number of fused-ring (bicyclic) bond motifs is 3. The number of ether oxygens (including phenoxy) is 2. The van der Waals surface area contributed by atoms with Gasteiger partial charge in [-0.2, -0.15) is 9.97 Å². The number of aromatic nitrogens is 3. The zero-order valence-corrected chi connectivity index (χ0v) is 23.0. The van der Waals surface area contributed by atoms with Crippen molar-refractivity contribution in [3.05, 3.63) is 48.4 Å². The number of benzene rings is 2. The third-order valence-electron chi connectivity index (χ3n) is 9.02. The Balaban J connectivity index is 1.29. The standard InChI is InChI=1S/C31H35FN6O3/c32-26-27(24-14-21(39)13-19-5-1-2-6-23(19)24)34-16-25-28(26)36-30(41-18-31-9-3-11-38(31)12-4-10-31)37-29(25)35-20-7-8-22(15-33)40-17-20/h1-2,5-6,13-14,16,20,22,39H,3-4,7-12,15,17-18,33H2,(H,35,36,37). The molecule has 0 spiro atoms. The van der Waals surface area contributed by atoms with Crippen LogP contribution in [0.15, 0.2) is 42.6 Å². The molecule has 3 saturated heterocycles. The first-order chi connectivity index (χ1) is 20.0. The highest BCUT2D eigenvalue weighted by molar-refractivity contribution is 5.99. The highest BCUT2D eigenvalue weighted by Gasteiger charge is 2.45. The molecule has 0 bridgehead atoms. The average molecular weight is 559 g/mol. The number of nitrogens with zero attached hydrogens (tertiary/aromatic N) is 4. The van der Waals surface area contributed by atoms with E-state index in [-0.39, 0.29) is 40.7 Å². The van der Waals surface area contributed by atoms with Crippen LogP contribution in [-0.4, -0.2) is 75.5 Å². The molecule has 3 aliphatic heterocycles. The summed E-state index contributed by atoms with van der Waals surface area (Å²) in [4.78, 5) is 16.4. The van der Waals surface area contributed by atoms with Crippen LogP contribution in [0.4, 0.5) is 10.2 Å². The van der Waals surface area contributed by atoms with Crippen molar-refractivity contribution in [1.82, 2.24) is 19.9 Å². The molecule has 9 nitrogen and oxygen atoms in total. The van der Waals surface area contributed by atoms with Crippen molar-refractivity contribution in [1.29, 1.82) is 0 Å². The Morgan fingerprint density at radius 2 is 1.95 bits per heavy atom. The van der Waals surface area contributed by atoms with Crippen molar-refractivity contribution < 1.29 is 19.0 Å². The summed E-state index contributed by atoms with van der Waals surface area (Å²) in [7, 11) is 0. The highest BCUT2D eigenvalue weighted by Crippen LogP contribution is 2.40. The van der Waals surface area contributed by atoms with Crippen LogP contribution in [0.1, 0.15) is 38.5 Å². The first-order valence-corrected chi connectivity index (χ1v) is 14.6. The van der Waals surface area contributed by atoms with Crippen molar-refractivity contribution in [2.75, 3.05) is 38.2 Å². The van der Waals surface area contributed by atoms with Gasteiger partial charge in [-0.1, -0.05) is 24.3 Å². The second-order valence-electron chi connectivity index (χ2n) is 11.6. The Labute approximate surface area is 237 Å². The van der Waals surface area contributed by atoms with Crippen molar-refractivity contribution in [2.45, 2.75) is 56.2 Å². The van der Waals surface area contributed by atoms with Crippen LogP contribution in [0.25, 0.3) is 32.9 Å². The minimum Gasteiger partial charge on any atom is -0.508 e. The molecule has 10 heteroatoms. The lowest BCUT2D eigenvalue weighted by Crippen LogP contribution is -2.43. The summed E-state index contributed by atoms with van der Waals surface area (Å²) in [6.45, 7) is 3.61. The number of phenols is 1. The maximum atomic E-state index is 16.4. The largest absolute Gasteiger partial charge is 0.508 e. The van der Waals surface area contributed by atoms with Crippen LogP contribution >= 0.6 is 0 Å². The fourth-order valence-electron chi connectivity index (χ4n) is 6.85. The fourth-order valence-corrected chi connectivity index (χ4v) is 6.85. The quantitative estimate of drug-likeness (QED) is 0.299. The van der Waals surface area contributed by atoms with Crippen LogP contribution in [0.5, 0.6) is 11.8 Å². The first kappa shape index (κ1) is 26.3. The molecule has 2 aromatic carbocycles. The summed E-state index contributed by atoms with van der Waals surface area (Å²) >= 11 is 0. The number of pyridine rings is 1. The monoisotopic (exact) mass is 558 g/mol. The van der Waals surface area contributed by atoms with Gasteiger partial charge >= 0.3 is 6.01 Å². The lowest BCUT2D eigenvalue weighted by Gasteiger charge is -2.31. The number of nitrogens with one attached hydrogen (secondary N) is 1. The van der Waals surface area contributed by atoms with E-state index in [0.29, 0.717) is 36.5 Å². The van der Waals surface area contributed by atoms with Gasteiger partial charge in [0, 0.05) is 18.3 Å². The molecule has 4 N–H and O–H groups in total. The molecule has 5 heterocycles. The summed E-state index contributed by atoms with van der Waals surface area (Å²) in [6, 6.07) is 10.9. The number of halogens is 1. The lowest BCUT2D eigenvalue weighted by atomic mass is 9.95. The van der Waals surface area contributed by atoms with Gasteiger partial charge in [0.05, 0.1) is 29.7 Å². The first-order valence-electron chi connectivity index (χ1n) is 14.6. The SMILES string of the molecule is NCC1CCC(Nc2nc(OCC34CCCN3CCC4)nc3c(F)c(-c4cc(O)cc5ccccc45)ncc23)CO1. The molecule has 4 aromatic rings. The van der Waals surface area contributed by atoms with Gasteiger partial charge in [-0.15, -0.1) is 0 Å². The highest BCUT2D eigenvalue weighted by atomic mass is 19.1. The van der Waals surface area contributed by atoms with E-state index in [9.17, 15) is 5.11 Å². The molecule has 3 aliphatic rings. The summed E-state index contributed by atoms with van der Waals surface area (Å²) in [5.41, 5.74) is 6.52. The van der Waals surface area contributed by atoms with Crippen LogP contribution in [-0.2, 0) is 4.74 Å². The molecule has 0 aliphatic carbocycles. The van der Waals surface area contributed by atoms with E-state index in [1.165, 1.54) is 0 Å². The number of phenolic OH excluding ortho intramolecular Hbond substituents is 1. The Morgan fingerprint density at radius 1 is 1.12 bits per heavy atom. The van der Waals surface area contributed by atoms with E-state index in [1.54, 1.807) is 18.3 Å². The summed E-state index contributed by atoms with van der Waals surface area (Å²) in [5, 5.41) is 15.9. The number of hydrogen-bond acceptors (Lipinski definition) is 9. The fraction of sp³-hybridized carbons (Fsp3) is 0.452. The van der Waals surface area contributed by atoms with E-state index in [0.717, 1.165) is 62.4 Å². The number of anilines is 1. The molecule has 0 amide bonds. The van der Waals surface area contributed by atoms with Crippen molar-refractivity contribution in [2.24, 2.45) is 5.73 Å². The Kier molecular flexibility index (Phi) is 6.84. The van der Waals surface area contributed by atoms with Gasteiger partial charge < -0.3 is 25.6 Å². The molecule has 7 rings (SSSR count). The zero-order valence-electron chi connectivity index (χ0n) is 23.0. The van der Waals surface area contributed by atoms with Gasteiger partial charge in [0.15, 0.2) is 5.82 Å². The van der Waals surface area contributed by atoms with Gasteiger partial charge in [-0.3, -0.25) is 9.88 Å². The number of aromatic hydroxyl groups is 1. The minimum atomic E-state index is -0.585. The van der Waals surface area contributed by atoms with Gasteiger partial charge in [-0.05, 0) is 74.5 Å². The van der Waals surface area contributed by atoms with E-state index in [4.69, 9.17) is 20.2 Å². The summed E-state index contributed by atoms with van der Waals surface area (Å²) in [5.74, 6) is -0.0760.